The van der Waals surface area contributed by atoms with E-state index in [0.29, 0.717) is 12.4 Å². The number of hydrogen-bond donors (Lipinski definition) is 2. The summed E-state index contributed by atoms with van der Waals surface area (Å²) in [5.74, 6) is 0.0325. The first kappa shape index (κ1) is 17.3. The Morgan fingerprint density at radius 1 is 1.28 bits per heavy atom. The molecule has 1 aliphatic rings. The lowest BCUT2D eigenvalue weighted by atomic mass is 10.1. The van der Waals surface area contributed by atoms with Gasteiger partial charge < -0.3 is 10.6 Å². The fourth-order valence-corrected chi connectivity index (χ4v) is 4.46. The molecule has 1 unspecified atom stereocenters. The van der Waals surface area contributed by atoms with Crippen molar-refractivity contribution in [2.75, 3.05) is 16.8 Å². The van der Waals surface area contributed by atoms with E-state index in [1.165, 1.54) is 12.3 Å². The highest BCUT2D eigenvalue weighted by Gasteiger charge is 2.29. The topological polar surface area (TPSA) is 101 Å². The molecular weight excluding hydrogens is 340 g/mol. The molecule has 1 aromatic carbocycles. The molecule has 0 aliphatic carbocycles. The number of aryl methyl sites for hydroxylation is 1. The maximum absolute atomic E-state index is 12.3. The van der Waals surface area contributed by atoms with Crippen LogP contribution in [0.5, 0.6) is 0 Å². The molecule has 2 aromatic rings. The number of para-hydroxylation sites is 1. The fourth-order valence-electron chi connectivity index (χ4n) is 2.78. The van der Waals surface area contributed by atoms with Crippen LogP contribution < -0.4 is 10.6 Å². The lowest BCUT2D eigenvalue weighted by Crippen LogP contribution is -2.36. The Kier molecular flexibility index (Phi) is 4.98. The van der Waals surface area contributed by atoms with Gasteiger partial charge in [0.05, 0.1) is 11.5 Å². The van der Waals surface area contributed by atoms with E-state index in [1.807, 2.05) is 24.3 Å². The van der Waals surface area contributed by atoms with E-state index in [2.05, 4.69) is 27.5 Å². The quantitative estimate of drug-likeness (QED) is 0.842. The lowest BCUT2D eigenvalue weighted by molar-refractivity contribution is 0.0936. The van der Waals surface area contributed by atoms with Gasteiger partial charge >= 0.3 is 0 Å². The Hall–Kier alpha value is -2.48. The number of amides is 1. The predicted molar refractivity (Wildman–Crippen MR) is 95.7 cm³/mol. The van der Waals surface area contributed by atoms with Gasteiger partial charge in [-0.1, -0.05) is 25.1 Å². The minimum atomic E-state index is -3.04. The molecule has 25 heavy (non-hydrogen) atoms. The summed E-state index contributed by atoms with van der Waals surface area (Å²) in [5.41, 5.74) is 2.22. The summed E-state index contributed by atoms with van der Waals surface area (Å²) in [6, 6.07) is 8.97. The van der Waals surface area contributed by atoms with E-state index < -0.39 is 15.7 Å². The van der Waals surface area contributed by atoms with Crippen molar-refractivity contribution in [1.29, 1.82) is 0 Å². The summed E-state index contributed by atoms with van der Waals surface area (Å²) in [5, 5.41) is 5.86. The number of anilines is 2. The molecule has 2 N–H and O–H groups in total. The summed E-state index contributed by atoms with van der Waals surface area (Å²) in [7, 11) is -3.04. The third-order valence-corrected chi connectivity index (χ3v) is 5.87. The van der Waals surface area contributed by atoms with E-state index in [1.54, 1.807) is 0 Å². The Bertz CT molecular complexity index is 883. The second-order valence-electron chi connectivity index (χ2n) is 5.97. The third-order valence-electron chi connectivity index (χ3n) is 4.10. The van der Waals surface area contributed by atoms with Gasteiger partial charge in [-0.25, -0.2) is 18.4 Å². The van der Waals surface area contributed by atoms with Crippen LogP contribution >= 0.6 is 0 Å². The smallest absolute Gasteiger partial charge is 0.270 e. The monoisotopic (exact) mass is 360 g/mol. The van der Waals surface area contributed by atoms with Crippen LogP contribution in [0, 0.1) is 0 Å². The molecule has 0 bridgehead atoms. The first-order chi connectivity index (χ1) is 12.0. The summed E-state index contributed by atoms with van der Waals surface area (Å²) in [6.07, 6.45) is 2.80. The minimum absolute atomic E-state index is 0.0151. The molecule has 1 fully saturated rings. The number of hydrogen-bond acceptors (Lipinski definition) is 6. The van der Waals surface area contributed by atoms with Gasteiger partial charge in [-0.3, -0.25) is 4.79 Å². The van der Waals surface area contributed by atoms with Crippen LogP contribution in [0.15, 0.2) is 36.5 Å². The van der Waals surface area contributed by atoms with Crippen LogP contribution in [-0.2, 0) is 16.3 Å². The van der Waals surface area contributed by atoms with Crippen LogP contribution in [0.1, 0.15) is 29.4 Å². The largest absolute Gasteiger partial charge is 0.347 e. The fraction of sp³-hybridized carbons (Fsp3) is 0.353. The van der Waals surface area contributed by atoms with E-state index in [9.17, 15) is 13.2 Å². The molecule has 2 heterocycles. The number of carbonyl (C=O) groups excluding carboxylic acids is 1. The summed E-state index contributed by atoms with van der Waals surface area (Å²) >= 11 is 0. The van der Waals surface area contributed by atoms with Gasteiger partial charge in [-0.15, -0.1) is 0 Å². The van der Waals surface area contributed by atoms with E-state index in [4.69, 9.17) is 0 Å². The zero-order chi connectivity index (χ0) is 17.9. The summed E-state index contributed by atoms with van der Waals surface area (Å²) in [4.78, 5) is 20.7. The second kappa shape index (κ2) is 7.18. The molecule has 0 saturated carbocycles. The molecule has 132 valence electrons. The summed E-state index contributed by atoms with van der Waals surface area (Å²) in [6.45, 7) is 2.06. The van der Waals surface area contributed by atoms with Gasteiger partial charge in [-0.2, -0.15) is 0 Å². The third kappa shape index (κ3) is 4.33. The maximum Gasteiger partial charge on any atom is 0.270 e. The number of sulfone groups is 1. The number of aromatic nitrogens is 2. The van der Waals surface area contributed by atoms with Crippen molar-refractivity contribution in [3.63, 3.8) is 0 Å². The van der Waals surface area contributed by atoms with Crippen molar-refractivity contribution < 1.29 is 13.2 Å². The van der Waals surface area contributed by atoms with E-state index in [-0.39, 0.29) is 23.2 Å². The van der Waals surface area contributed by atoms with Gasteiger partial charge in [0.2, 0.25) is 5.95 Å². The van der Waals surface area contributed by atoms with Crippen LogP contribution in [0.3, 0.4) is 0 Å². The molecule has 8 heteroatoms. The SMILES string of the molecule is CCc1ccccc1Nc1nccc(C(=O)NC2CCS(=O)(=O)C2)n1. The number of nitrogens with zero attached hydrogens (tertiary/aromatic N) is 2. The Balaban J connectivity index is 1.72. The molecule has 0 spiro atoms. The Labute approximate surface area is 146 Å². The second-order valence-corrected chi connectivity index (χ2v) is 8.20. The number of rotatable bonds is 5. The molecule has 1 amide bonds. The van der Waals surface area contributed by atoms with Crippen molar-refractivity contribution in [1.82, 2.24) is 15.3 Å². The highest BCUT2D eigenvalue weighted by Crippen LogP contribution is 2.19. The predicted octanol–water partition coefficient (Wildman–Crippen LogP) is 1.70. The maximum atomic E-state index is 12.3. The molecule has 1 atom stereocenters. The molecule has 1 saturated heterocycles. The van der Waals surface area contributed by atoms with Gasteiger partial charge in [0, 0.05) is 17.9 Å². The van der Waals surface area contributed by atoms with Crippen LogP contribution in [0.4, 0.5) is 11.6 Å². The number of carbonyl (C=O) groups is 1. The summed E-state index contributed by atoms with van der Waals surface area (Å²) < 4.78 is 23.0. The molecule has 1 aliphatic heterocycles. The molecule has 0 radical (unpaired) electrons. The van der Waals surface area contributed by atoms with Crippen molar-refractivity contribution in [2.24, 2.45) is 0 Å². The lowest BCUT2D eigenvalue weighted by Gasteiger charge is -2.12. The van der Waals surface area contributed by atoms with Crippen molar-refractivity contribution >= 4 is 27.4 Å². The zero-order valence-electron chi connectivity index (χ0n) is 13.9. The number of nitrogens with one attached hydrogen (secondary N) is 2. The number of benzene rings is 1. The van der Waals surface area contributed by atoms with Crippen molar-refractivity contribution in [3.05, 3.63) is 47.8 Å². The van der Waals surface area contributed by atoms with E-state index in [0.717, 1.165) is 17.7 Å². The Morgan fingerprint density at radius 3 is 2.80 bits per heavy atom. The van der Waals surface area contributed by atoms with Gasteiger partial charge in [0.25, 0.3) is 5.91 Å². The van der Waals surface area contributed by atoms with Gasteiger partial charge in [-0.05, 0) is 30.5 Å². The Morgan fingerprint density at radius 2 is 2.08 bits per heavy atom. The molecule has 1 aromatic heterocycles. The first-order valence-corrected chi connectivity index (χ1v) is 9.98. The minimum Gasteiger partial charge on any atom is -0.347 e. The van der Waals surface area contributed by atoms with E-state index >= 15 is 0 Å². The first-order valence-electron chi connectivity index (χ1n) is 8.16. The van der Waals surface area contributed by atoms with Gasteiger partial charge in [0.15, 0.2) is 9.84 Å². The van der Waals surface area contributed by atoms with Crippen LogP contribution in [0.2, 0.25) is 0 Å². The molecular formula is C17H20N4O3S. The molecule has 7 nitrogen and oxygen atoms in total. The van der Waals surface area contributed by atoms with Gasteiger partial charge in [0.1, 0.15) is 5.69 Å². The van der Waals surface area contributed by atoms with Crippen molar-refractivity contribution in [3.8, 4) is 0 Å². The standard InChI is InChI=1S/C17H20N4O3S/c1-2-12-5-3-4-6-14(12)20-17-18-9-7-15(21-17)16(22)19-13-8-10-25(23,24)11-13/h3-7,9,13H,2,8,10-11H2,1H3,(H,19,22)(H,18,20,21). The van der Waals surface area contributed by atoms with Crippen LogP contribution in [-0.4, -0.2) is 41.8 Å². The average Bonchev–Trinajstić information content (AvgIpc) is 2.94. The average molecular weight is 360 g/mol. The normalized spacial score (nSPS) is 18.7. The van der Waals surface area contributed by atoms with Crippen molar-refractivity contribution in [2.45, 2.75) is 25.8 Å². The highest BCUT2D eigenvalue weighted by atomic mass is 32.2. The zero-order valence-corrected chi connectivity index (χ0v) is 14.7. The highest BCUT2D eigenvalue weighted by molar-refractivity contribution is 7.91. The molecule has 3 rings (SSSR count). The van der Waals surface area contributed by atoms with Crippen LogP contribution in [0.25, 0.3) is 0 Å².